The van der Waals surface area contributed by atoms with Crippen molar-refractivity contribution >= 4 is 23.9 Å². The molecule has 0 unspecified atom stereocenters. The third-order valence-corrected chi connectivity index (χ3v) is 6.82. The largest absolute Gasteiger partial charge is 0.478 e. The third kappa shape index (κ3) is 12.0. The summed E-state index contributed by atoms with van der Waals surface area (Å²) in [6.07, 6.45) is 15.4. The molecule has 0 aromatic heterocycles. The molecule has 2 rings (SSSR count). The molecule has 0 heterocycles. The lowest BCUT2D eigenvalue weighted by Gasteiger charge is -2.15. The number of carbonyl (C=O) groups is 4. The van der Waals surface area contributed by atoms with E-state index in [-0.39, 0.29) is 22.3 Å². The molecule has 0 spiro atoms. The predicted molar refractivity (Wildman–Crippen MR) is 155 cm³/mol. The van der Waals surface area contributed by atoms with Crippen LogP contribution in [0.25, 0.3) is 0 Å². The Labute approximate surface area is 237 Å². The van der Waals surface area contributed by atoms with Gasteiger partial charge in [-0.15, -0.1) is 0 Å². The SMILES string of the molecule is CCCCCCCCc1ccc(C(=O)O)c(C(=O)O)c1CCCCCCCC.O=C(O)c1ccccc1C(=O)O. The summed E-state index contributed by atoms with van der Waals surface area (Å²) < 4.78 is 0. The average Bonchev–Trinajstić information content (AvgIpc) is 2.92. The van der Waals surface area contributed by atoms with E-state index in [2.05, 4.69) is 13.8 Å². The minimum Gasteiger partial charge on any atom is -0.478 e. The minimum absolute atomic E-state index is 0.00420. The third-order valence-electron chi connectivity index (χ3n) is 6.82. The first-order valence-electron chi connectivity index (χ1n) is 14.3. The van der Waals surface area contributed by atoms with E-state index < -0.39 is 23.9 Å². The summed E-state index contributed by atoms with van der Waals surface area (Å²) >= 11 is 0. The number of aryl methyl sites for hydroxylation is 1. The standard InChI is InChI=1S/C24H38O4.C8H6O4/c1-3-5-7-9-11-13-15-19-17-18-21(23(25)26)22(24(27)28)20(19)16-14-12-10-8-6-4-2;9-7(10)5-3-1-2-4-6(5)8(11)12/h17-18H,3-16H2,1-2H3,(H,25,26)(H,27,28);1-4H,(H,9,10)(H,11,12). The molecule has 0 aliphatic carbocycles. The fraction of sp³-hybridized carbons (Fsp3) is 0.500. The van der Waals surface area contributed by atoms with E-state index in [4.69, 9.17) is 10.2 Å². The maximum atomic E-state index is 11.9. The van der Waals surface area contributed by atoms with Crippen molar-refractivity contribution in [3.05, 3.63) is 69.8 Å². The lowest BCUT2D eigenvalue weighted by atomic mass is 9.89. The average molecular weight is 557 g/mol. The van der Waals surface area contributed by atoms with Gasteiger partial charge in [0, 0.05) is 0 Å². The van der Waals surface area contributed by atoms with E-state index in [0.717, 1.165) is 49.7 Å². The van der Waals surface area contributed by atoms with Crippen LogP contribution in [0.5, 0.6) is 0 Å². The predicted octanol–water partition coefficient (Wildman–Crippen LogP) is 7.97. The number of carboxylic acids is 4. The fourth-order valence-electron chi connectivity index (χ4n) is 4.67. The molecule has 0 aliphatic rings. The maximum Gasteiger partial charge on any atom is 0.336 e. The van der Waals surface area contributed by atoms with Crippen LogP contribution >= 0.6 is 0 Å². The van der Waals surface area contributed by atoms with Crippen LogP contribution in [-0.4, -0.2) is 44.3 Å². The van der Waals surface area contributed by atoms with Gasteiger partial charge in [0.15, 0.2) is 0 Å². The molecule has 0 bridgehead atoms. The first-order valence-corrected chi connectivity index (χ1v) is 14.3. The van der Waals surface area contributed by atoms with Gasteiger partial charge in [0.1, 0.15) is 0 Å². The zero-order chi connectivity index (χ0) is 29.9. The van der Waals surface area contributed by atoms with E-state index in [1.807, 2.05) is 6.07 Å². The van der Waals surface area contributed by atoms with E-state index in [1.165, 1.54) is 75.3 Å². The van der Waals surface area contributed by atoms with Gasteiger partial charge in [-0.2, -0.15) is 0 Å². The Bertz CT molecular complexity index is 1070. The van der Waals surface area contributed by atoms with Crippen molar-refractivity contribution in [3.63, 3.8) is 0 Å². The molecule has 40 heavy (non-hydrogen) atoms. The van der Waals surface area contributed by atoms with Crippen LogP contribution < -0.4 is 0 Å². The van der Waals surface area contributed by atoms with Gasteiger partial charge in [-0.05, 0) is 55.0 Å². The van der Waals surface area contributed by atoms with Crippen LogP contribution in [0.2, 0.25) is 0 Å². The highest BCUT2D eigenvalue weighted by Gasteiger charge is 2.22. The van der Waals surface area contributed by atoms with Crippen molar-refractivity contribution in [1.29, 1.82) is 0 Å². The van der Waals surface area contributed by atoms with E-state index >= 15 is 0 Å². The summed E-state index contributed by atoms with van der Waals surface area (Å²) in [6, 6.07) is 8.79. The molecule has 8 heteroatoms. The van der Waals surface area contributed by atoms with Gasteiger partial charge in [0.05, 0.1) is 22.3 Å². The highest BCUT2D eigenvalue weighted by molar-refractivity contribution is 6.03. The molecule has 0 saturated heterocycles. The summed E-state index contributed by atoms with van der Waals surface area (Å²) in [4.78, 5) is 44.3. The fourth-order valence-corrected chi connectivity index (χ4v) is 4.67. The van der Waals surface area contributed by atoms with Gasteiger partial charge >= 0.3 is 23.9 Å². The van der Waals surface area contributed by atoms with Crippen LogP contribution in [-0.2, 0) is 12.8 Å². The summed E-state index contributed by atoms with van der Waals surface area (Å²) in [5, 5.41) is 36.2. The Morgan fingerprint density at radius 3 is 1.35 bits per heavy atom. The van der Waals surface area contributed by atoms with Crippen molar-refractivity contribution in [3.8, 4) is 0 Å². The molecule has 0 amide bonds. The Kier molecular flexibility index (Phi) is 16.6. The van der Waals surface area contributed by atoms with Gasteiger partial charge in [-0.1, -0.05) is 96.3 Å². The Hall–Kier alpha value is -3.68. The topological polar surface area (TPSA) is 149 Å². The van der Waals surface area contributed by atoms with Crippen molar-refractivity contribution < 1.29 is 39.6 Å². The summed E-state index contributed by atoms with van der Waals surface area (Å²) in [5.41, 5.74) is 1.31. The molecule has 0 aliphatic heterocycles. The van der Waals surface area contributed by atoms with E-state index in [9.17, 15) is 29.4 Å². The molecule has 2 aromatic carbocycles. The lowest BCUT2D eigenvalue weighted by molar-refractivity contribution is 0.0650. The van der Waals surface area contributed by atoms with Crippen molar-refractivity contribution in [2.24, 2.45) is 0 Å². The zero-order valence-corrected chi connectivity index (χ0v) is 23.8. The van der Waals surface area contributed by atoms with Crippen molar-refractivity contribution in [2.45, 2.75) is 104 Å². The van der Waals surface area contributed by atoms with Crippen LogP contribution in [0.4, 0.5) is 0 Å². The monoisotopic (exact) mass is 556 g/mol. The molecule has 220 valence electrons. The quantitative estimate of drug-likeness (QED) is 0.135. The molecule has 0 atom stereocenters. The lowest BCUT2D eigenvalue weighted by Crippen LogP contribution is -2.14. The molecular formula is C32H44O8. The first-order chi connectivity index (χ1) is 19.1. The van der Waals surface area contributed by atoms with Crippen LogP contribution in [0.3, 0.4) is 0 Å². The molecule has 2 aromatic rings. The molecule has 8 nitrogen and oxygen atoms in total. The van der Waals surface area contributed by atoms with Crippen LogP contribution in [0.15, 0.2) is 36.4 Å². The minimum atomic E-state index is -1.23. The molecule has 0 fully saturated rings. The van der Waals surface area contributed by atoms with Gasteiger partial charge in [-0.3, -0.25) is 0 Å². The normalized spacial score (nSPS) is 10.4. The Morgan fingerprint density at radius 2 is 0.925 bits per heavy atom. The summed E-state index contributed by atoms with van der Waals surface area (Å²) in [7, 11) is 0. The second-order valence-electron chi connectivity index (χ2n) is 9.93. The number of hydrogen-bond acceptors (Lipinski definition) is 4. The van der Waals surface area contributed by atoms with E-state index in [1.54, 1.807) is 0 Å². The first kappa shape index (κ1) is 34.3. The number of unbranched alkanes of at least 4 members (excludes halogenated alkanes) is 10. The number of hydrogen-bond donors (Lipinski definition) is 4. The highest BCUT2D eigenvalue weighted by Crippen LogP contribution is 2.25. The number of carboxylic acid groups (broad SMARTS) is 4. The van der Waals surface area contributed by atoms with Gasteiger partial charge in [0.2, 0.25) is 0 Å². The molecular weight excluding hydrogens is 512 g/mol. The second-order valence-corrected chi connectivity index (χ2v) is 9.93. The Morgan fingerprint density at radius 1 is 0.500 bits per heavy atom. The van der Waals surface area contributed by atoms with Gasteiger partial charge in [0.25, 0.3) is 0 Å². The molecule has 0 radical (unpaired) electrons. The second kappa shape index (κ2) is 19.4. The summed E-state index contributed by atoms with van der Waals surface area (Å²) in [5.74, 6) is -4.74. The van der Waals surface area contributed by atoms with Gasteiger partial charge < -0.3 is 20.4 Å². The number of rotatable bonds is 18. The highest BCUT2D eigenvalue weighted by atomic mass is 16.4. The maximum absolute atomic E-state index is 11.9. The van der Waals surface area contributed by atoms with Crippen molar-refractivity contribution in [2.75, 3.05) is 0 Å². The zero-order valence-electron chi connectivity index (χ0n) is 23.8. The van der Waals surface area contributed by atoms with Gasteiger partial charge in [-0.25, -0.2) is 19.2 Å². The number of benzene rings is 2. The molecule has 4 N–H and O–H groups in total. The number of aromatic carboxylic acids is 4. The Balaban J connectivity index is 0.000000552. The summed E-state index contributed by atoms with van der Waals surface area (Å²) in [6.45, 7) is 4.39. The van der Waals surface area contributed by atoms with Crippen LogP contribution in [0.1, 0.15) is 143 Å². The van der Waals surface area contributed by atoms with E-state index in [0.29, 0.717) is 6.42 Å². The smallest absolute Gasteiger partial charge is 0.336 e. The van der Waals surface area contributed by atoms with Crippen LogP contribution in [0, 0.1) is 0 Å². The van der Waals surface area contributed by atoms with Crippen molar-refractivity contribution in [1.82, 2.24) is 0 Å². The molecule has 0 saturated carbocycles.